The molecule has 14 aromatic rings. The number of rotatable bonds is 6. The van der Waals surface area contributed by atoms with Crippen molar-refractivity contribution in [3.63, 3.8) is 0 Å². The number of para-hydroxylation sites is 2. The van der Waals surface area contributed by atoms with E-state index in [9.17, 15) is 10.5 Å². The van der Waals surface area contributed by atoms with Crippen molar-refractivity contribution in [3.8, 4) is 86.1 Å². The fourth-order valence-corrected chi connectivity index (χ4v) is 14.9. The second kappa shape index (κ2) is 24.3. The van der Waals surface area contributed by atoms with E-state index in [1.54, 1.807) is 67.9 Å². The predicted molar refractivity (Wildman–Crippen MR) is 374 cm³/mol. The molecule has 0 bridgehead atoms. The Labute approximate surface area is 557 Å². The van der Waals surface area contributed by atoms with Crippen LogP contribution >= 0.6 is 11.6 Å². The molecule has 7 aromatic heterocycles. The van der Waals surface area contributed by atoms with E-state index in [0.717, 1.165) is 70.9 Å². The summed E-state index contributed by atoms with van der Waals surface area (Å²) < 4.78 is 45.7. The number of anilines is 1. The van der Waals surface area contributed by atoms with Crippen LogP contribution in [0.1, 0.15) is 70.1 Å². The maximum atomic E-state index is 10.0. The number of aromatic nitrogens is 5. The fraction of sp³-hybridized carbons (Fsp3) is 0.177. The van der Waals surface area contributed by atoms with Gasteiger partial charge in [-0.1, -0.05) is 65.7 Å². The first-order valence-electron chi connectivity index (χ1n) is 32.0. The lowest BCUT2D eigenvalue weighted by Crippen LogP contribution is -2.40. The molecule has 0 fully saturated rings. The summed E-state index contributed by atoms with van der Waals surface area (Å²) in [4.78, 5) is 9.52. The molecule has 0 saturated carbocycles. The van der Waals surface area contributed by atoms with E-state index in [1.165, 1.54) is 97.6 Å². The van der Waals surface area contributed by atoms with Crippen molar-refractivity contribution in [1.29, 1.82) is 10.5 Å². The van der Waals surface area contributed by atoms with Crippen molar-refractivity contribution in [1.82, 2.24) is 24.3 Å². The number of nitriles is 2. The van der Waals surface area contributed by atoms with Crippen molar-refractivity contribution >= 4 is 83.7 Å². The molecule has 0 radical (unpaired) electrons. The van der Waals surface area contributed by atoms with Crippen LogP contribution in [0.15, 0.2) is 179 Å². The first-order valence-corrected chi connectivity index (χ1v) is 32.4. The van der Waals surface area contributed by atoms with Gasteiger partial charge < -0.3 is 48.1 Å². The Morgan fingerprint density at radius 2 is 1.47 bits per heavy atom. The Bertz CT molecular complexity index is 5610. The van der Waals surface area contributed by atoms with Crippen molar-refractivity contribution in [2.75, 3.05) is 33.9 Å². The monoisotopic (exact) mass is 1280 g/mol. The molecular formula is C79H63ClN9O7+. The minimum absolute atomic E-state index is 0.135. The standard InChI is InChI=1S/C24H14ClN5O2.C20H18NO4.C20H15NO.C15H16N2/c1-31-19-7-6-13(25)10-14(19)20-8-9-21(32-20)22-15(11-26)23(28)30-18-5-3-2-4-17(18)29-24(30)16(22)12-27;1-22-17-4-3-12-7-16-14-9-19-18(24-11-25-19)8-13(14)5-6-21(16)10-15(12)20(17)23-2;1-2-6-14-13(5-1)10-11-17-19(14)20(18-9-4-12-22-18)15-7-3-8-16(15)21-17;1-10-5-6-14-12(9-10)11-3-2-4-13-15(11)17(14)8-7-16-13/h2-10H,28H2,1H3;3-4,7-10H,5-6,11H2,1-2H3;1-2,4-6,9-12H,3,7-8H2;5-9,13,16H,2-4H2,1H3/q;+1;;. The number of hydrogen-bond donors (Lipinski definition) is 2. The van der Waals surface area contributed by atoms with Crippen LogP contribution in [0, 0.1) is 29.6 Å². The zero-order valence-corrected chi connectivity index (χ0v) is 53.9. The number of nitrogens with zero attached hydrogens (tertiary/aromatic N) is 7. The van der Waals surface area contributed by atoms with Gasteiger partial charge in [0.05, 0.1) is 77.8 Å². The summed E-state index contributed by atoms with van der Waals surface area (Å²) in [5.74, 6) is 5.69. The number of methoxy groups -OCH3 is 3. The molecule has 7 aromatic carbocycles. The summed E-state index contributed by atoms with van der Waals surface area (Å²) in [6.45, 7) is 3.39. The summed E-state index contributed by atoms with van der Waals surface area (Å²) in [7, 11) is 4.89. The number of furan rings is 2. The number of nitrogens with one attached hydrogen (secondary N) is 1. The average Bonchev–Trinajstić information content (AvgIpc) is 1.49. The highest BCUT2D eigenvalue weighted by Gasteiger charge is 2.32. The number of aryl methyl sites for hydroxylation is 5. The van der Waals surface area contributed by atoms with Crippen LogP contribution in [0.25, 0.3) is 111 Å². The van der Waals surface area contributed by atoms with Gasteiger partial charge in [-0.2, -0.15) is 15.1 Å². The van der Waals surface area contributed by atoms with Crippen molar-refractivity contribution in [2.24, 2.45) is 0 Å². The van der Waals surface area contributed by atoms with Gasteiger partial charge >= 0.3 is 0 Å². The van der Waals surface area contributed by atoms with E-state index in [4.69, 9.17) is 54.8 Å². The van der Waals surface area contributed by atoms with E-state index >= 15 is 0 Å². The van der Waals surface area contributed by atoms with Crippen LogP contribution in [0.4, 0.5) is 5.82 Å². The number of halogens is 1. The Morgan fingerprint density at radius 3 is 2.30 bits per heavy atom. The normalized spacial score (nSPS) is 14.3. The molecule has 3 aliphatic heterocycles. The zero-order chi connectivity index (χ0) is 65.3. The van der Waals surface area contributed by atoms with Crippen LogP contribution in [0.3, 0.4) is 0 Å². The second-order valence-corrected chi connectivity index (χ2v) is 24.8. The third-order valence-electron chi connectivity index (χ3n) is 19.0. The predicted octanol–water partition coefficient (Wildman–Crippen LogP) is 17.0. The number of fused-ring (bicyclic) bond motifs is 15. The minimum atomic E-state index is 0.135. The van der Waals surface area contributed by atoms with Gasteiger partial charge in [-0.15, -0.1) is 0 Å². The van der Waals surface area contributed by atoms with Gasteiger partial charge in [0.1, 0.15) is 52.1 Å². The summed E-state index contributed by atoms with van der Waals surface area (Å²) >= 11 is 6.16. The van der Waals surface area contributed by atoms with Gasteiger partial charge in [-0.25, -0.2) is 4.98 Å². The molecule has 472 valence electrons. The second-order valence-electron chi connectivity index (χ2n) is 24.4. The molecule has 10 heterocycles. The number of ether oxygens (including phenoxy) is 5. The fourth-order valence-electron chi connectivity index (χ4n) is 14.7. The molecule has 1 unspecified atom stereocenters. The highest BCUT2D eigenvalue weighted by Crippen LogP contribution is 2.46. The minimum Gasteiger partial charge on any atom is -0.496 e. The molecule has 17 heteroatoms. The molecule has 0 amide bonds. The van der Waals surface area contributed by atoms with Gasteiger partial charge in [0.25, 0.3) is 0 Å². The lowest BCUT2D eigenvalue weighted by molar-refractivity contribution is -0.686. The van der Waals surface area contributed by atoms with E-state index in [2.05, 4.69) is 142 Å². The van der Waals surface area contributed by atoms with E-state index in [0.29, 0.717) is 62.9 Å². The van der Waals surface area contributed by atoms with Crippen molar-refractivity contribution in [2.45, 2.75) is 64.5 Å². The lowest BCUT2D eigenvalue weighted by atomic mass is 9.91. The van der Waals surface area contributed by atoms with Crippen LogP contribution in [-0.2, 0) is 32.2 Å². The smallest absolute Gasteiger partial charge is 0.231 e. The maximum absolute atomic E-state index is 10.0. The Balaban J connectivity index is 0.000000103. The van der Waals surface area contributed by atoms with E-state index < -0.39 is 0 Å². The molecule has 3 N–H and O–H groups in total. The van der Waals surface area contributed by atoms with Crippen LogP contribution < -0.4 is 39.3 Å². The molecule has 19 rings (SSSR count). The summed E-state index contributed by atoms with van der Waals surface area (Å²) in [6.07, 6.45) is 16.3. The van der Waals surface area contributed by atoms with Gasteiger partial charge in [0, 0.05) is 57.6 Å². The number of nitrogens with two attached hydrogens (primary N) is 1. The SMILES string of the molecule is COc1ccc(Cl)cc1-c1ccc(-c2c(C#N)c(N)n3c(nc4ccccc43)c2C#N)o1.COc1ccc2cc3[n+](cc2c1OC)CCc1cc2c(cc1-3)OCO2.Cc1ccc2c(c1)c1c3n2C=CNC3CCC1.c1coc(-c2c3c(nc4ccc5ccccc5c24)CCC3)c1. The molecule has 0 saturated heterocycles. The summed E-state index contributed by atoms with van der Waals surface area (Å²) in [6, 6.07) is 54.9. The molecule has 1 atom stereocenters. The highest BCUT2D eigenvalue weighted by molar-refractivity contribution is 6.31. The molecular weight excluding hydrogens is 1220 g/mol. The van der Waals surface area contributed by atoms with E-state index in [1.807, 2.05) is 36.4 Å². The average molecular weight is 1290 g/mol. The van der Waals surface area contributed by atoms with E-state index in [-0.39, 0.29) is 16.9 Å². The zero-order valence-electron chi connectivity index (χ0n) is 53.1. The van der Waals surface area contributed by atoms with Crippen LogP contribution in [0.5, 0.6) is 28.7 Å². The van der Waals surface area contributed by atoms with Crippen LogP contribution in [0.2, 0.25) is 5.02 Å². The number of hydrogen-bond acceptors (Lipinski definition) is 13. The Kier molecular flexibility index (Phi) is 15.0. The lowest BCUT2D eigenvalue weighted by Gasteiger charge is -2.27. The first-order chi connectivity index (χ1) is 47.1. The summed E-state index contributed by atoms with van der Waals surface area (Å²) in [5.41, 5.74) is 23.8. The van der Waals surface area contributed by atoms with Gasteiger partial charge in [-0.3, -0.25) is 9.38 Å². The Morgan fingerprint density at radius 1 is 0.667 bits per heavy atom. The molecule has 96 heavy (non-hydrogen) atoms. The Hall–Kier alpha value is -11.7. The molecule has 5 aliphatic rings. The largest absolute Gasteiger partial charge is 0.496 e. The first kappa shape index (κ1) is 59.3. The highest BCUT2D eigenvalue weighted by atomic mass is 35.5. The number of pyridine rings is 3. The van der Waals surface area contributed by atoms with Gasteiger partial charge in [0.2, 0.25) is 12.5 Å². The maximum Gasteiger partial charge on any atom is 0.231 e. The third kappa shape index (κ3) is 9.99. The topological polar surface area (TPSA) is 197 Å². The molecule has 16 nitrogen and oxygen atoms in total. The molecule has 0 spiro atoms. The quantitative estimate of drug-likeness (QED) is 0.118. The van der Waals surface area contributed by atoms with Crippen LogP contribution in [-0.4, -0.2) is 47.1 Å². The van der Waals surface area contributed by atoms with Crippen molar-refractivity contribution in [3.05, 3.63) is 220 Å². The third-order valence-corrected chi connectivity index (χ3v) is 19.3. The number of imidazole rings is 1. The number of benzene rings is 7. The number of nitrogen functional groups attached to an aromatic ring is 1. The summed E-state index contributed by atoms with van der Waals surface area (Å²) in [5, 5.41) is 31.3. The van der Waals surface area contributed by atoms with Gasteiger partial charge in [-0.05, 0) is 175 Å². The molecule has 2 aliphatic carbocycles. The van der Waals surface area contributed by atoms with Crippen molar-refractivity contribution < 1.29 is 37.1 Å². The van der Waals surface area contributed by atoms with Gasteiger partial charge in [0.15, 0.2) is 41.4 Å².